The number of nitriles is 1. The van der Waals surface area contributed by atoms with E-state index in [2.05, 4.69) is 5.16 Å². The molecule has 0 radical (unpaired) electrons. The minimum atomic E-state index is -0.693. The maximum atomic E-state index is 11.9. The molecule has 2 rings (SSSR count). The minimum absolute atomic E-state index is 0.0505. The summed E-state index contributed by atoms with van der Waals surface area (Å²) in [4.78, 5) is 16.7. The molecule has 0 aliphatic carbocycles. The van der Waals surface area contributed by atoms with Crippen LogP contribution in [0, 0.1) is 18.3 Å². The summed E-state index contributed by atoms with van der Waals surface area (Å²) in [6.45, 7) is 1.80. The number of nitrogens with two attached hydrogens (primary N) is 2. The Labute approximate surface area is 127 Å². The second-order valence-electron chi connectivity index (χ2n) is 4.57. The number of carbonyl (C=O) groups excluding carboxylic acids is 1. The fourth-order valence-electron chi connectivity index (χ4n) is 1.84. The van der Waals surface area contributed by atoms with E-state index in [1.165, 1.54) is 12.1 Å². The van der Waals surface area contributed by atoms with Crippen LogP contribution in [0.5, 0.6) is 0 Å². The predicted molar refractivity (Wildman–Crippen MR) is 82.9 cm³/mol. The Morgan fingerprint density at radius 2 is 2.00 bits per heavy atom. The summed E-state index contributed by atoms with van der Waals surface area (Å²) < 4.78 is 0. The molecule has 0 bridgehead atoms. The van der Waals surface area contributed by atoms with Gasteiger partial charge in [-0.15, -0.1) is 0 Å². The highest BCUT2D eigenvalue weighted by atomic mass is 16.7. The van der Waals surface area contributed by atoms with Gasteiger partial charge in [-0.1, -0.05) is 23.4 Å². The molecule has 0 heterocycles. The Kier molecular flexibility index (Phi) is 4.39. The number of benzene rings is 2. The molecule has 0 aliphatic rings. The van der Waals surface area contributed by atoms with Crippen LogP contribution >= 0.6 is 0 Å². The third-order valence-electron chi connectivity index (χ3n) is 3.11. The molecule has 0 fully saturated rings. The zero-order chi connectivity index (χ0) is 16.1. The summed E-state index contributed by atoms with van der Waals surface area (Å²) >= 11 is 0. The molecule has 2 aromatic carbocycles. The molecule has 0 saturated heterocycles. The van der Waals surface area contributed by atoms with Gasteiger partial charge in [0, 0.05) is 11.3 Å². The number of nitrogen functional groups attached to an aromatic ring is 1. The van der Waals surface area contributed by atoms with Gasteiger partial charge in [0.25, 0.3) is 0 Å². The lowest BCUT2D eigenvalue weighted by atomic mass is 10.1. The number of anilines is 1. The lowest BCUT2D eigenvalue weighted by molar-refractivity contribution is 0.0516. The summed E-state index contributed by atoms with van der Waals surface area (Å²) in [5, 5.41) is 12.4. The van der Waals surface area contributed by atoms with Gasteiger partial charge in [0.15, 0.2) is 5.84 Å². The average molecular weight is 294 g/mol. The predicted octanol–water partition coefficient (Wildman–Crippen LogP) is 1.93. The van der Waals surface area contributed by atoms with Crippen molar-refractivity contribution in [1.29, 1.82) is 5.26 Å². The van der Waals surface area contributed by atoms with Crippen LogP contribution in [-0.4, -0.2) is 11.8 Å². The van der Waals surface area contributed by atoms with Gasteiger partial charge in [-0.3, -0.25) is 0 Å². The highest BCUT2D eigenvalue weighted by molar-refractivity contribution is 6.00. The first-order valence-electron chi connectivity index (χ1n) is 6.43. The molecule has 0 saturated carbocycles. The molecule has 6 heteroatoms. The zero-order valence-electron chi connectivity index (χ0n) is 11.9. The zero-order valence-corrected chi connectivity index (χ0v) is 11.9. The van der Waals surface area contributed by atoms with Crippen molar-refractivity contribution in [3.63, 3.8) is 0 Å². The van der Waals surface area contributed by atoms with Crippen LogP contribution < -0.4 is 11.5 Å². The number of hydrogen-bond acceptors (Lipinski definition) is 5. The number of hydrogen-bond donors (Lipinski definition) is 2. The molecular weight excluding hydrogens is 280 g/mol. The minimum Gasteiger partial charge on any atom is -0.398 e. The normalized spacial score (nSPS) is 10.8. The quantitative estimate of drug-likeness (QED) is 0.295. The monoisotopic (exact) mass is 294 g/mol. The van der Waals surface area contributed by atoms with Crippen LogP contribution in [0.2, 0.25) is 0 Å². The fourth-order valence-corrected chi connectivity index (χ4v) is 1.84. The topological polar surface area (TPSA) is 114 Å². The highest BCUT2D eigenvalue weighted by Crippen LogP contribution is 2.15. The first kappa shape index (κ1) is 15.1. The van der Waals surface area contributed by atoms with Crippen molar-refractivity contribution in [2.75, 3.05) is 5.73 Å². The van der Waals surface area contributed by atoms with Crippen LogP contribution in [-0.2, 0) is 4.84 Å². The summed E-state index contributed by atoms with van der Waals surface area (Å²) in [7, 11) is 0. The molecule has 6 nitrogen and oxygen atoms in total. The first-order chi connectivity index (χ1) is 10.5. The molecular formula is C16H14N4O2. The molecule has 110 valence electrons. The van der Waals surface area contributed by atoms with E-state index in [4.69, 9.17) is 21.6 Å². The second-order valence-corrected chi connectivity index (χ2v) is 4.57. The summed E-state index contributed by atoms with van der Waals surface area (Å²) in [6, 6.07) is 13.3. The van der Waals surface area contributed by atoms with E-state index in [-0.39, 0.29) is 11.4 Å². The smallest absolute Gasteiger partial charge is 0.365 e. The number of rotatable bonds is 3. The van der Waals surface area contributed by atoms with Gasteiger partial charge in [0.2, 0.25) is 0 Å². The summed E-state index contributed by atoms with van der Waals surface area (Å²) in [6.07, 6.45) is 0. The lowest BCUT2D eigenvalue weighted by Gasteiger charge is -2.07. The van der Waals surface area contributed by atoms with Crippen molar-refractivity contribution in [3.05, 3.63) is 64.7 Å². The highest BCUT2D eigenvalue weighted by Gasteiger charge is 2.10. The van der Waals surface area contributed by atoms with Crippen LogP contribution in [0.15, 0.2) is 47.6 Å². The molecule has 2 aromatic rings. The fraction of sp³-hybridized carbons (Fsp3) is 0.0625. The molecule has 22 heavy (non-hydrogen) atoms. The molecule has 0 aliphatic heterocycles. The van der Waals surface area contributed by atoms with E-state index in [1.54, 1.807) is 37.3 Å². The Morgan fingerprint density at radius 1 is 1.27 bits per heavy atom. The van der Waals surface area contributed by atoms with Crippen molar-refractivity contribution >= 4 is 17.5 Å². The van der Waals surface area contributed by atoms with E-state index < -0.39 is 5.97 Å². The van der Waals surface area contributed by atoms with Gasteiger partial charge in [0.05, 0.1) is 17.2 Å². The van der Waals surface area contributed by atoms with E-state index in [1.807, 2.05) is 6.07 Å². The standard InChI is InChI=1S/C16H14N4O2/c1-10-13(6-3-7-14(10)18)15(19)20-22-16(21)12-5-2-4-11(8-12)9-17/h2-8H,18H2,1H3,(H2,19,20). The lowest BCUT2D eigenvalue weighted by Crippen LogP contribution is -2.17. The van der Waals surface area contributed by atoms with Crippen molar-refractivity contribution in [1.82, 2.24) is 0 Å². The molecule has 4 N–H and O–H groups in total. The van der Waals surface area contributed by atoms with Crippen LogP contribution in [0.4, 0.5) is 5.69 Å². The average Bonchev–Trinajstić information content (AvgIpc) is 2.54. The number of amidine groups is 1. The van der Waals surface area contributed by atoms with Crippen LogP contribution in [0.3, 0.4) is 0 Å². The Balaban J connectivity index is 2.18. The maximum Gasteiger partial charge on any atom is 0.365 e. The maximum absolute atomic E-state index is 11.9. The van der Waals surface area contributed by atoms with Crippen molar-refractivity contribution in [3.8, 4) is 6.07 Å². The molecule has 0 amide bonds. The summed E-state index contributed by atoms with van der Waals surface area (Å²) in [5.41, 5.74) is 14.1. The van der Waals surface area contributed by atoms with Crippen molar-refractivity contribution < 1.29 is 9.63 Å². The number of nitrogens with zero attached hydrogens (tertiary/aromatic N) is 2. The van der Waals surface area contributed by atoms with Crippen LogP contribution in [0.1, 0.15) is 27.0 Å². The van der Waals surface area contributed by atoms with E-state index in [0.29, 0.717) is 16.8 Å². The Bertz CT molecular complexity index is 791. The van der Waals surface area contributed by atoms with E-state index in [9.17, 15) is 4.79 Å². The van der Waals surface area contributed by atoms with Gasteiger partial charge in [-0.05, 0) is 36.8 Å². The van der Waals surface area contributed by atoms with Crippen LogP contribution in [0.25, 0.3) is 0 Å². The van der Waals surface area contributed by atoms with Gasteiger partial charge in [-0.25, -0.2) is 4.79 Å². The van der Waals surface area contributed by atoms with Crippen molar-refractivity contribution in [2.45, 2.75) is 6.92 Å². The third-order valence-corrected chi connectivity index (χ3v) is 3.11. The SMILES string of the molecule is Cc1c(N)cccc1/C(N)=N/OC(=O)c1cccc(C#N)c1. The van der Waals surface area contributed by atoms with Gasteiger partial charge < -0.3 is 16.3 Å². The van der Waals surface area contributed by atoms with Gasteiger partial charge >= 0.3 is 5.97 Å². The largest absolute Gasteiger partial charge is 0.398 e. The molecule has 0 unspecified atom stereocenters. The number of carbonyl (C=O) groups is 1. The molecule has 0 spiro atoms. The Morgan fingerprint density at radius 3 is 2.73 bits per heavy atom. The first-order valence-corrected chi connectivity index (χ1v) is 6.43. The van der Waals surface area contributed by atoms with E-state index in [0.717, 1.165) is 5.56 Å². The second kappa shape index (κ2) is 6.41. The van der Waals surface area contributed by atoms with Gasteiger partial charge in [-0.2, -0.15) is 5.26 Å². The Hall–Kier alpha value is -3.33. The summed E-state index contributed by atoms with van der Waals surface area (Å²) in [5.74, 6) is -0.642. The number of oxime groups is 1. The molecule has 0 aromatic heterocycles. The molecule has 0 atom stereocenters. The van der Waals surface area contributed by atoms with Gasteiger partial charge in [0.1, 0.15) is 0 Å². The van der Waals surface area contributed by atoms with E-state index >= 15 is 0 Å². The third kappa shape index (κ3) is 3.22. The van der Waals surface area contributed by atoms with Crippen molar-refractivity contribution in [2.24, 2.45) is 10.9 Å².